The maximum atomic E-state index is 11.2. The van der Waals surface area contributed by atoms with Gasteiger partial charge in [-0.25, -0.2) is 4.98 Å². The number of nitro groups is 1. The molecule has 2 aromatic carbocycles. The first-order valence-corrected chi connectivity index (χ1v) is 7.37. The van der Waals surface area contributed by atoms with Gasteiger partial charge in [0, 0.05) is 28.7 Å². The first-order chi connectivity index (χ1) is 11.1. The van der Waals surface area contributed by atoms with E-state index in [0.29, 0.717) is 22.1 Å². The number of rotatable bonds is 5. The molecule has 0 amide bonds. The molecule has 23 heavy (non-hydrogen) atoms. The lowest BCUT2D eigenvalue weighted by Crippen LogP contribution is -1.92. The van der Waals surface area contributed by atoms with Gasteiger partial charge in [0.15, 0.2) is 11.4 Å². The van der Waals surface area contributed by atoms with Gasteiger partial charge in [-0.2, -0.15) is 0 Å². The highest BCUT2D eigenvalue weighted by Crippen LogP contribution is 2.32. The summed E-state index contributed by atoms with van der Waals surface area (Å²) in [6.45, 7) is 0. The number of benzene rings is 2. The SMILES string of the molecule is COc1ccc2nc(Sc3ccc([N+](=O)[O-])cc3C=O)[nH]c2c1. The highest BCUT2D eigenvalue weighted by atomic mass is 32.2. The lowest BCUT2D eigenvalue weighted by atomic mass is 10.2. The van der Waals surface area contributed by atoms with Crippen LogP contribution in [0.25, 0.3) is 11.0 Å². The van der Waals surface area contributed by atoms with Gasteiger partial charge < -0.3 is 9.72 Å². The molecule has 116 valence electrons. The molecule has 7 nitrogen and oxygen atoms in total. The fourth-order valence-electron chi connectivity index (χ4n) is 2.08. The predicted molar refractivity (Wildman–Crippen MR) is 85.3 cm³/mol. The van der Waals surface area contributed by atoms with Crippen LogP contribution in [0.2, 0.25) is 0 Å². The number of methoxy groups -OCH3 is 1. The summed E-state index contributed by atoms with van der Waals surface area (Å²) < 4.78 is 5.16. The zero-order chi connectivity index (χ0) is 16.4. The molecule has 0 fully saturated rings. The highest BCUT2D eigenvalue weighted by Gasteiger charge is 2.13. The Morgan fingerprint density at radius 1 is 1.30 bits per heavy atom. The normalized spacial score (nSPS) is 10.7. The summed E-state index contributed by atoms with van der Waals surface area (Å²) in [6.07, 6.45) is 0.598. The number of carbonyl (C=O) groups excluding carboxylic acids is 1. The maximum absolute atomic E-state index is 11.2. The third-order valence-corrected chi connectivity index (χ3v) is 4.18. The zero-order valence-corrected chi connectivity index (χ0v) is 12.8. The minimum Gasteiger partial charge on any atom is -0.497 e. The highest BCUT2D eigenvalue weighted by molar-refractivity contribution is 7.99. The smallest absolute Gasteiger partial charge is 0.270 e. The van der Waals surface area contributed by atoms with E-state index in [-0.39, 0.29) is 11.3 Å². The van der Waals surface area contributed by atoms with Gasteiger partial charge in [0.1, 0.15) is 5.75 Å². The molecule has 8 heteroatoms. The van der Waals surface area contributed by atoms with Gasteiger partial charge in [-0.05, 0) is 18.2 Å². The molecular weight excluding hydrogens is 318 g/mol. The molecule has 0 spiro atoms. The molecule has 0 unspecified atom stereocenters. The molecule has 3 rings (SSSR count). The number of aldehydes is 1. The summed E-state index contributed by atoms with van der Waals surface area (Å²) in [5.41, 5.74) is 1.71. The van der Waals surface area contributed by atoms with E-state index in [2.05, 4.69) is 9.97 Å². The Kier molecular flexibility index (Phi) is 3.98. The summed E-state index contributed by atoms with van der Waals surface area (Å²) >= 11 is 1.24. The third-order valence-electron chi connectivity index (χ3n) is 3.21. The summed E-state index contributed by atoms with van der Waals surface area (Å²) in [6, 6.07) is 9.61. The molecule has 0 saturated carbocycles. The fourth-order valence-corrected chi connectivity index (χ4v) is 2.95. The topological polar surface area (TPSA) is 98.1 Å². The fraction of sp³-hybridized carbons (Fsp3) is 0.0667. The number of hydrogen-bond donors (Lipinski definition) is 1. The van der Waals surface area contributed by atoms with Crippen LogP contribution in [0, 0.1) is 10.1 Å². The van der Waals surface area contributed by atoms with Gasteiger partial charge in [-0.15, -0.1) is 0 Å². The first-order valence-electron chi connectivity index (χ1n) is 6.56. The molecule has 0 aliphatic carbocycles. The Bertz CT molecular complexity index is 907. The molecule has 0 aliphatic rings. The number of aromatic amines is 1. The van der Waals surface area contributed by atoms with Crippen LogP contribution in [0.3, 0.4) is 0 Å². The van der Waals surface area contributed by atoms with Crippen molar-refractivity contribution in [2.24, 2.45) is 0 Å². The molecule has 1 heterocycles. The molecule has 0 atom stereocenters. The van der Waals surface area contributed by atoms with Crippen LogP contribution in [-0.4, -0.2) is 28.3 Å². The van der Waals surface area contributed by atoms with E-state index in [1.165, 1.54) is 23.9 Å². The quantitative estimate of drug-likeness (QED) is 0.437. The van der Waals surface area contributed by atoms with Crippen LogP contribution in [0.15, 0.2) is 46.5 Å². The van der Waals surface area contributed by atoms with Crippen LogP contribution >= 0.6 is 11.8 Å². The number of nitrogens with zero attached hydrogens (tertiary/aromatic N) is 2. The maximum Gasteiger partial charge on any atom is 0.270 e. The molecule has 1 N–H and O–H groups in total. The van der Waals surface area contributed by atoms with E-state index in [1.54, 1.807) is 19.2 Å². The van der Waals surface area contributed by atoms with Gasteiger partial charge >= 0.3 is 0 Å². The second-order valence-electron chi connectivity index (χ2n) is 4.62. The number of fused-ring (bicyclic) bond motifs is 1. The van der Waals surface area contributed by atoms with Crippen molar-refractivity contribution >= 4 is 34.8 Å². The summed E-state index contributed by atoms with van der Waals surface area (Å²) in [7, 11) is 1.58. The minimum atomic E-state index is -0.533. The van der Waals surface area contributed by atoms with Gasteiger partial charge in [-0.3, -0.25) is 14.9 Å². The van der Waals surface area contributed by atoms with E-state index in [1.807, 2.05) is 12.1 Å². The predicted octanol–water partition coefficient (Wildman–Crippen LogP) is 3.44. The van der Waals surface area contributed by atoms with Gasteiger partial charge in [0.25, 0.3) is 5.69 Å². The van der Waals surface area contributed by atoms with Gasteiger partial charge in [0.2, 0.25) is 0 Å². The largest absolute Gasteiger partial charge is 0.497 e. The van der Waals surface area contributed by atoms with Crippen molar-refractivity contribution in [3.8, 4) is 5.75 Å². The average Bonchev–Trinajstić information content (AvgIpc) is 2.96. The Labute approximate surface area is 134 Å². The molecule has 0 bridgehead atoms. The third kappa shape index (κ3) is 3.02. The van der Waals surface area contributed by atoms with Crippen molar-refractivity contribution in [1.82, 2.24) is 9.97 Å². The van der Waals surface area contributed by atoms with Crippen molar-refractivity contribution in [3.63, 3.8) is 0 Å². The van der Waals surface area contributed by atoms with E-state index < -0.39 is 4.92 Å². The van der Waals surface area contributed by atoms with Crippen molar-refractivity contribution < 1.29 is 14.5 Å². The lowest BCUT2D eigenvalue weighted by Gasteiger charge is -2.01. The Morgan fingerprint density at radius 3 is 2.83 bits per heavy atom. The number of H-pyrrole nitrogens is 1. The number of nitro benzene ring substituents is 1. The number of aromatic nitrogens is 2. The van der Waals surface area contributed by atoms with E-state index in [0.717, 1.165) is 11.0 Å². The first kappa shape index (κ1) is 15.0. The van der Waals surface area contributed by atoms with Crippen molar-refractivity contribution in [1.29, 1.82) is 0 Å². The van der Waals surface area contributed by atoms with Crippen molar-refractivity contribution in [2.45, 2.75) is 10.1 Å². The summed E-state index contributed by atoms with van der Waals surface area (Å²) in [5, 5.41) is 11.4. The number of carbonyl (C=O) groups is 1. The monoisotopic (exact) mass is 329 g/mol. The average molecular weight is 329 g/mol. The second-order valence-corrected chi connectivity index (χ2v) is 5.65. The molecule has 1 aromatic heterocycles. The Morgan fingerprint density at radius 2 is 2.13 bits per heavy atom. The van der Waals surface area contributed by atoms with Crippen molar-refractivity contribution in [2.75, 3.05) is 7.11 Å². The Hall–Kier alpha value is -2.87. The summed E-state index contributed by atoms with van der Waals surface area (Å²) in [4.78, 5) is 29.5. The van der Waals surface area contributed by atoms with Crippen LogP contribution in [0.5, 0.6) is 5.75 Å². The second kappa shape index (κ2) is 6.09. The molecular formula is C15H11N3O4S. The molecule has 0 aliphatic heterocycles. The van der Waals surface area contributed by atoms with Crippen LogP contribution in [0.4, 0.5) is 5.69 Å². The standard InChI is InChI=1S/C15H11N3O4S/c1-22-11-3-4-12-13(7-11)17-15(16-12)23-14-5-2-10(18(20)21)6-9(14)8-19/h2-8H,1H3,(H,16,17). The molecule has 0 radical (unpaired) electrons. The Balaban J connectivity index is 1.95. The van der Waals surface area contributed by atoms with Gasteiger partial charge in [0.05, 0.1) is 23.1 Å². The minimum absolute atomic E-state index is 0.120. The van der Waals surface area contributed by atoms with Crippen LogP contribution in [-0.2, 0) is 0 Å². The number of hydrogen-bond acceptors (Lipinski definition) is 6. The molecule has 3 aromatic rings. The van der Waals surface area contributed by atoms with Crippen LogP contribution < -0.4 is 4.74 Å². The number of non-ortho nitro benzene ring substituents is 1. The zero-order valence-electron chi connectivity index (χ0n) is 12.0. The number of ether oxygens (including phenoxy) is 1. The van der Waals surface area contributed by atoms with Gasteiger partial charge in [-0.1, -0.05) is 11.8 Å². The molecule has 0 saturated heterocycles. The van der Waals surface area contributed by atoms with E-state index in [9.17, 15) is 14.9 Å². The number of imidazole rings is 1. The summed E-state index contributed by atoms with van der Waals surface area (Å²) in [5.74, 6) is 0.710. The van der Waals surface area contributed by atoms with E-state index in [4.69, 9.17) is 4.74 Å². The van der Waals surface area contributed by atoms with Crippen molar-refractivity contribution in [3.05, 3.63) is 52.1 Å². The van der Waals surface area contributed by atoms with Crippen LogP contribution in [0.1, 0.15) is 10.4 Å². The van der Waals surface area contributed by atoms with E-state index >= 15 is 0 Å². The lowest BCUT2D eigenvalue weighted by molar-refractivity contribution is -0.384. The number of nitrogens with one attached hydrogen (secondary N) is 1.